The third kappa shape index (κ3) is 4.19. The minimum Gasteiger partial charge on any atom is -0.329 e. The number of hydrogen-bond acceptors (Lipinski definition) is 2. The molecular weight excluding hydrogens is 232 g/mol. The van der Waals surface area contributed by atoms with Crippen LogP contribution in [0.1, 0.15) is 67.2 Å². The van der Waals surface area contributed by atoms with E-state index in [0.717, 1.165) is 18.4 Å². The van der Waals surface area contributed by atoms with Crippen molar-refractivity contribution >= 4 is 0 Å². The summed E-state index contributed by atoms with van der Waals surface area (Å²) in [4.78, 5) is 2.71. The first-order valence-corrected chi connectivity index (χ1v) is 8.29. The van der Waals surface area contributed by atoms with Gasteiger partial charge in [0.05, 0.1) is 0 Å². The van der Waals surface area contributed by atoms with Gasteiger partial charge >= 0.3 is 0 Å². The zero-order valence-electron chi connectivity index (χ0n) is 14.1. The Kier molecular flexibility index (Phi) is 6.32. The van der Waals surface area contributed by atoms with E-state index >= 15 is 0 Å². The van der Waals surface area contributed by atoms with Crippen LogP contribution in [0.4, 0.5) is 0 Å². The van der Waals surface area contributed by atoms with Crippen molar-refractivity contribution in [2.75, 3.05) is 13.1 Å². The van der Waals surface area contributed by atoms with Crippen LogP contribution >= 0.6 is 0 Å². The molecule has 0 aromatic carbocycles. The van der Waals surface area contributed by atoms with E-state index in [1.54, 1.807) is 0 Å². The second-order valence-electron chi connectivity index (χ2n) is 7.67. The number of nitrogens with two attached hydrogens (primary N) is 1. The van der Waals surface area contributed by atoms with E-state index in [4.69, 9.17) is 5.73 Å². The molecule has 2 N–H and O–H groups in total. The van der Waals surface area contributed by atoms with Gasteiger partial charge in [-0.1, -0.05) is 40.5 Å². The average molecular weight is 268 g/mol. The molecule has 0 radical (unpaired) electrons. The van der Waals surface area contributed by atoms with Crippen molar-refractivity contribution in [1.29, 1.82) is 0 Å². The number of nitrogens with zero attached hydrogens (tertiary/aromatic N) is 1. The summed E-state index contributed by atoms with van der Waals surface area (Å²) < 4.78 is 0. The first-order valence-electron chi connectivity index (χ1n) is 8.29. The summed E-state index contributed by atoms with van der Waals surface area (Å²) >= 11 is 0. The van der Waals surface area contributed by atoms with E-state index in [1.165, 1.54) is 32.2 Å². The Morgan fingerprint density at radius 2 is 1.79 bits per heavy atom. The lowest BCUT2D eigenvalue weighted by Crippen LogP contribution is -2.59. The molecule has 0 aromatic rings. The highest BCUT2D eigenvalue weighted by Gasteiger charge is 2.41. The summed E-state index contributed by atoms with van der Waals surface area (Å²) in [6.07, 6.45) is 5.33. The second-order valence-corrected chi connectivity index (χ2v) is 7.67. The van der Waals surface area contributed by atoms with Crippen molar-refractivity contribution in [2.24, 2.45) is 23.5 Å². The predicted molar refractivity (Wildman–Crippen MR) is 85.3 cm³/mol. The minimum atomic E-state index is 0.256. The Morgan fingerprint density at radius 1 is 1.16 bits per heavy atom. The molecule has 1 aliphatic rings. The van der Waals surface area contributed by atoms with Crippen LogP contribution in [0.15, 0.2) is 0 Å². The minimum absolute atomic E-state index is 0.256. The van der Waals surface area contributed by atoms with Crippen LogP contribution in [-0.2, 0) is 0 Å². The molecule has 0 saturated heterocycles. The van der Waals surface area contributed by atoms with Crippen molar-refractivity contribution in [2.45, 2.75) is 78.8 Å². The van der Waals surface area contributed by atoms with Gasteiger partial charge in [-0.15, -0.1) is 0 Å². The van der Waals surface area contributed by atoms with Gasteiger partial charge < -0.3 is 5.73 Å². The molecule has 0 aromatic heterocycles. The molecule has 2 nitrogen and oxygen atoms in total. The Labute approximate surface area is 121 Å². The molecule has 0 spiro atoms. The summed E-state index contributed by atoms with van der Waals surface area (Å²) in [6, 6.07) is 0.594. The van der Waals surface area contributed by atoms with Gasteiger partial charge in [-0.25, -0.2) is 0 Å². The van der Waals surface area contributed by atoms with E-state index in [1.807, 2.05) is 0 Å². The predicted octanol–water partition coefficient (Wildman–Crippen LogP) is 3.90. The molecule has 2 heteroatoms. The fourth-order valence-corrected chi connectivity index (χ4v) is 3.86. The third-order valence-corrected chi connectivity index (χ3v) is 4.98. The van der Waals surface area contributed by atoms with E-state index in [-0.39, 0.29) is 5.54 Å². The lowest BCUT2D eigenvalue weighted by molar-refractivity contribution is -0.00414. The normalized spacial score (nSPS) is 28.9. The molecule has 1 rings (SSSR count). The lowest BCUT2D eigenvalue weighted by atomic mass is 9.70. The molecule has 0 heterocycles. The Bertz CT molecular complexity index is 260. The Hall–Kier alpha value is -0.0800. The fraction of sp³-hybridized carbons (Fsp3) is 1.00. The van der Waals surface area contributed by atoms with Gasteiger partial charge in [0, 0.05) is 24.7 Å². The molecule has 1 saturated carbocycles. The maximum absolute atomic E-state index is 6.27. The SMILES string of the molecule is CC(C)CN(C(C)C)C1(CN)CCCC(C(C)C)C1. The topological polar surface area (TPSA) is 29.3 Å². The van der Waals surface area contributed by atoms with E-state index in [9.17, 15) is 0 Å². The van der Waals surface area contributed by atoms with Crippen molar-refractivity contribution in [3.8, 4) is 0 Å². The van der Waals surface area contributed by atoms with Crippen LogP contribution < -0.4 is 5.73 Å². The van der Waals surface area contributed by atoms with Gasteiger partial charge in [0.25, 0.3) is 0 Å². The highest BCUT2D eigenvalue weighted by atomic mass is 15.2. The summed E-state index contributed by atoms with van der Waals surface area (Å²) in [5.74, 6) is 2.36. The molecule has 2 unspecified atom stereocenters. The van der Waals surface area contributed by atoms with Crippen LogP contribution in [0.5, 0.6) is 0 Å². The van der Waals surface area contributed by atoms with Gasteiger partial charge in [0.2, 0.25) is 0 Å². The van der Waals surface area contributed by atoms with Crippen LogP contribution in [-0.4, -0.2) is 29.6 Å². The van der Waals surface area contributed by atoms with Gasteiger partial charge in [-0.3, -0.25) is 4.90 Å². The molecule has 0 aliphatic heterocycles. The maximum atomic E-state index is 6.27. The van der Waals surface area contributed by atoms with Crippen molar-refractivity contribution in [3.63, 3.8) is 0 Å². The lowest BCUT2D eigenvalue weighted by Gasteiger charge is -2.51. The molecule has 1 fully saturated rings. The molecule has 2 atom stereocenters. The molecule has 114 valence electrons. The zero-order valence-corrected chi connectivity index (χ0v) is 14.1. The first kappa shape index (κ1) is 17.0. The number of rotatable bonds is 6. The molecule has 0 amide bonds. The van der Waals surface area contributed by atoms with Crippen molar-refractivity contribution < 1.29 is 0 Å². The van der Waals surface area contributed by atoms with Crippen molar-refractivity contribution in [1.82, 2.24) is 4.90 Å². The molecule has 19 heavy (non-hydrogen) atoms. The van der Waals surface area contributed by atoms with Gasteiger partial charge in [-0.05, 0) is 44.4 Å². The summed E-state index contributed by atoms with van der Waals surface area (Å²) in [5, 5.41) is 0. The van der Waals surface area contributed by atoms with Gasteiger partial charge in [0.1, 0.15) is 0 Å². The van der Waals surface area contributed by atoms with Crippen LogP contribution in [0, 0.1) is 17.8 Å². The largest absolute Gasteiger partial charge is 0.329 e. The Morgan fingerprint density at radius 3 is 2.21 bits per heavy atom. The van der Waals surface area contributed by atoms with Crippen LogP contribution in [0.3, 0.4) is 0 Å². The maximum Gasteiger partial charge on any atom is 0.0337 e. The fourth-order valence-electron chi connectivity index (χ4n) is 3.86. The standard InChI is InChI=1S/C17H36N2/c1-13(2)11-19(15(5)6)17(12-18)9-7-8-16(10-17)14(3)4/h13-16H,7-12,18H2,1-6H3. The van der Waals surface area contributed by atoms with Crippen molar-refractivity contribution in [3.05, 3.63) is 0 Å². The zero-order chi connectivity index (χ0) is 14.6. The highest BCUT2D eigenvalue weighted by molar-refractivity contribution is 4.98. The third-order valence-electron chi connectivity index (χ3n) is 4.98. The molecule has 0 bridgehead atoms. The molecule has 1 aliphatic carbocycles. The summed E-state index contributed by atoms with van der Waals surface area (Å²) in [7, 11) is 0. The smallest absolute Gasteiger partial charge is 0.0337 e. The Balaban J connectivity index is 2.92. The van der Waals surface area contributed by atoms with Gasteiger partial charge in [0.15, 0.2) is 0 Å². The summed E-state index contributed by atoms with van der Waals surface area (Å²) in [6.45, 7) is 16.1. The monoisotopic (exact) mass is 268 g/mol. The number of hydrogen-bond donors (Lipinski definition) is 1. The van der Waals surface area contributed by atoms with Crippen LogP contribution in [0.25, 0.3) is 0 Å². The van der Waals surface area contributed by atoms with E-state index in [0.29, 0.717) is 12.0 Å². The van der Waals surface area contributed by atoms with Crippen LogP contribution in [0.2, 0.25) is 0 Å². The van der Waals surface area contributed by atoms with E-state index in [2.05, 4.69) is 46.4 Å². The first-order chi connectivity index (χ1) is 8.82. The molecular formula is C17H36N2. The average Bonchev–Trinajstić information content (AvgIpc) is 2.35. The quantitative estimate of drug-likeness (QED) is 0.791. The summed E-state index contributed by atoms with van der Waals surface area (Å²) in [5.41, 5.74) is 6.53. The highest BCUT2D eigenvalue weighted by Crippen LogP contribution is 2.40. The van der Waals surface area contributed by atoms with E-state index < -0.39 is 0 Å². The van der Waals surface area contributed by atoms with Gasteiger partial charge in [-0.2, -0.15) is 0 Å². The second kappa shape index (κ2) is 7.08.